The van der Waals surface area contributed by atoms with E-state index in [0.29, 0.717) is 22.1 Å². The molecule has 0 aliphatic carbocycles. The van der Waals surface area contributed by atoms with Gasteiger partial charge in [-0.3, -0.25) is 4.90 Å². The van der Waals surface area contributed by atoms with E-state index in [1.54, 1.807) is 47.9 Å². The molecule has 3 heterocycles. The number of aromatic carboxylic acids is 1. The molecular formula is C28H23N3O3S. The summed E-state index contributed by atoms with van der Waals surface area (Å²) < 4.78 is 5.94. The molecule has 1 aliphatic rings. The average Bonchev–Trinajstić information content (AvgIpc) is 3.47. The lowest BCUT2D eigenvalue weighted by Crippen LogP contribution is -2.29. The van der Waals surface area contributed by atoms with Gasteiger partial charge < -0.3 is 9.52 Å². The number of hydrogen-bond acceptors (Lipinski definition) is 6. The van der Waals surface area contributed by atoms with Gasteiger partial charge in [0.25, 0.3) is 0 Å². The number of aliphatic imine (C=N–C) groups is 1. The molecule has 1 N–H and O–H groups in total. The molecule has 4 aromatic rings. The number of carboxylic acid groups (broad SMARTS) is 1. The topological polar surface area (TPSA) is 89.8 Å². The predicted molar refractivity (Wildman–Crippen MR) is 136 cm³/mol. The minimum absolute atomic E-state index is 0.210. The van der Waals surface area contributed by atoms with Gasteiger partial charge in [0.1, 0.15) is 22.6 Å². The third kappa shape index (κ3) is 4.80. The molecule has 5 rings (SSSR count). The fourth-order valence-corrected chi connectivity index (χ4v) is 5.52. The molecule has 2 aromatic heterocycles. The second-order valence-corrected chi connectivity index (χ2v) is 9.62. The van der Waals surface area contributed by atoms with Crippen molar-refractivity contribution in [1.82, 2.24) is 4.90 Å². The summed E-state index contributed by atoms with van der Waals surface area (Å²) in [7, 11) is 0. The maximum Gasteiger partial charge on any atom is 0.335 e. The van der Waals surface area contributed by atoms with Crippen molar-refractivity contribution in [3.05, 3.63) is 99.1 Å². The van der Waals surface area contributed by atoms with Crippen LogP contribution in [-0.2, 0) is 19.5 Å². The average molecular weight is 482 g/mol. The second kappa shape index (κ2) is 9.71. The first-order valence-electron chi connectivity index (χ1n) is 11.3. The molecule has 1 aliphatic heterocycles. The van der Waals surface area contributed by atoms with Gasteiger partial charge in [-0.25, -0.2) is 9.79 Å². The van der Waals surface area contributed by atoms with Crippen LogP contribution in [0.3, 0.4) is 0 Å². The molecule has 7 heteroatoms. The number of aryl methyl sites for hydroxylation is 1. The van der Waals surface area contributed by atoms with E-state index in [9.17, 15) is 15.2 Å². The van der Waals surface area contributed by atoms with Gasteiger partial charge in [0.05, 0.1) is 17.3 Å². The molecule has 2 aromatic carbocycles. The van der Waals surface area contributed by atoms with Crippen LogP contribution in [0.15, 0.2) is 70.1 Å². The summed E-state index contributed by atoms with van der Waals surface area (Å²) in [5.74, 6) is 0.142. The summed E-state index contributed by atoms with van der Waals surface area (Å²) in [5, 5.41) is 19.8. The smallest absolute Gasteiger partial charge is 0.335 e. The van der Waals surface area contributed by atoms with E-state index in [-0.39, 0.29) is 5.56 Å². The molecule has 6 nitrogen and oxygen atoms in total. The van der Waals surface area contributed by atoms with E-state index in [4.69, 9.17) is 4.42 Å². The largest absolute Gasteiger partial charge is 0.478 e. The molecule has 0 radical (unpaired) electrons. The maximum atomic E-state index is 11.3. The van der Waals surface area contributed by atoms with Gasteiger partial charge in [-0.05, 0) is 54.3 Å². The lowest BCUT2D eigenvalue weighted by atomic mass is 10.0. The zero-order valence-electron chi connectivity index (χ0n) is 19.2. The summed E-state index contributed by atoms with van der Waals surface area (Å²) in [4.78, 5) is 19.5. The summed E-state index contributed by atoms with van der Waals surface area (Å²) in [6, 6.07) is 21.3. The lowest BCUT2D eigenvalue weighted by molar-refractivity contribution is 0.0697. The van der Waals surface area contributed by atoms with Gasteiger partial charge in [0, 0.05) is 30.1 Å². The van der Waals surface area contributed by atoms with Gasteiger partial charge in [-0.1, -0.05) is 36.4 Å². The van der Waals surface area contributed by atoms with Crippen LogP contribution < -0.4 is 0 Å². The summed E-state index contributed by atoms with van der Waals surface area (Å²) in [6.07, 6.45) is 2.46. The van der Waals surface area contributed by atoms with Crippen molar-refractivity contribution in [3.63, 3.8) is 0 Å². The van der Waals surface area contributed by atoms with Gasteiger partial charge in [0.15, 0.2) is 0 Å². The third-order valence-electron chi connectivity index (χ3n) is 6.16. The zero-order chi connectivity index (χ0) is 24.4. The number of benzene rings is 2. The fraction of sp³-hybridized carbons (Fsp3) is 0.179. The Labute approximate surface area is 207 Å². The zero-order valence-corrected chi connectivity index (χ0v) is 20.0. The van der Waals surface area contributed by atoms with Gasteiger partial charge >= 0.3 is 5.97 Å². The Hall–Kier alpha value is -3.99. The highest BCUT2D eigenvalue weighted by atomic mass is 32.1. The fourth-order valence-electron chi connectivity index (χ4n) is 4.33. The third-order valence-corrected chi connectivity index (χ3v) is 7.29. The van der Waals surface area contributed by atoms with E-state index in [2.05, 4.69) is 40.2 Å². The van der Waals surface area contributed by atoms with Gasteiger partial charge in [0.2, 0.25) is 0 Å². The van der Waals surface area contributed by atoms with Crippen LogP contribution in [0.25, 0.3) is 11.3 Å². The molecule has 0 amide bonds. The molecule has 0 unspecified atom stereocenters. The van der Waals surface area contributed by atoms with E-state index >= 15 is 0 Å². The van der Waals surface area contributed by atoms with E-state index in [1.165, 1.54) is 10.4 Å². The Balaban J connectivity index is 1.36. The molecule has 0 spiro atoms. The molecule has 0 fully saturated rings. The molecule has 0 bridgehead atoms. The number of carboxylic acids is 1. The first-order valence-corrected chi connectivity index (χ1v) is 12.1. The minimum atomic E-state index is -0.979. The molecular weight excluding hydrogens is 458 g/mol. The number of rotatable bonds is 6. The predicted octanol–water partition coefficient (Wildman–Crippen LogP) is 6.20. The molecule has 174 valence electrons. The van der Waals surface area contributed by atoms with Crippen LogP contribution in [0.5, 0.6) is 0 Å². The number of fused-ring (bicyclic) bond motifs is 1. The number of nitriles is 1. The van der Waals surface area contributed by atoms with Crippen LogP contribution in [0.2, 0.25) is 0 Å². The van der Waals surface area contributed by atoms with Crippen molar-refractivity contribution >= 4 is 28.5 Å². The Kier molecular flexibility index (Phi) is 6.32. The SMILES string of the molecule is Cc1ccc(C(=O)O)cc1-c1ccc(C=Nc2sc3c(c2C#N)CCN(Cc2ccccc2)C3)o1. The quantitative estimate of drug-likeness (QED) is 0.331. The molecule has 0 atom stereocenters. The first kappa shape index (κ1) is 22.8. The monoisotopic (exact) mass is 481 g/mol. The van der Waals surface area contributed by atoms with Gasteiger partial charge in [-0.15, -0.1) is 11.3 Å². The van der Waals surface area contributed by atoms with Crippen molar-refractivity contribution in [1.29, 1.82) is 5.26 Å². The number of hydrogen-bond donors (Lipinski definition) is 1. The first-order chi connectivity index (χ1) is 17.0. The number of nitrogens with zero attached hydrogens (tertiary/aromatic N) is 3. The second-order valence-electron chi connectivity index (χ2n) is 8.54. The standard InChI is InChI=1S/C28H23N3O3S/c1-18-7-8-20(28(32)33)13-23(18)25-10-9-21(34-25)15-30-27-24(14-29)22-11-12-31(17-26(22)35-27)16-19-5-3-2-4-6-19/h2-10,13,15H,11-12,16-17H2,1H3,(H,32,33). The van der Waals surface area contributed by atoms with Crippen LogP contribution in [0.1, 0.15) is 43.2 Å². The Bertz CT molecular complexity index is 1460. The van der Waals surface area contributed by atoms with Gasteiger partial charge in [-0.2, -0.15) is 5.26 Å². The Morgan fingerprint density at radius 1 is 1.23 bits per heavy atom. The highest BCUT2D eigenvalue weighted by Crippen LogP contribution is 2.39. The van der Waals surface area contributed by atoms with Crippen molar-refractivity contribution in [3.8, 4) is 17.4 Å². The number of carbonyl (C=O) groups is 1. The molecule has 0 saturated carbocycles. The lowest BCUT2D eigenvalue weighted by Gasteiger charge is -2.26. The normalized spacial score (nSPS) is 13.6. The summed E-state index contributed by atoms with van der Waals surface area (Å²) in [6.45, 7) is 4.51. The van der Waals surface area contributed by atoms with E-state index in [1.807, 2.05) is 13.0 Å². The van der Waals surface area contributed by atoms with Crippen molar-refractivity contribution < 1.29 is 14.3 Å². The van der Waals surface area contributed by atoms with Crippen LogP contribution in [0.4, 0.5) is 5.00 Å². The molecule has 0 saturated heterocycles. The summed E-state index contributed by atoms with van der Waals surface area (Å²) >= 11 is 1.56. The van der Waals surface area contributed by atoms with Crippen molar-refractivity contribution in [2.45, 2.75) is 26.4 Å². The van der Waals surface area contributed by atoms with Crippen molar-refractivity contribution in [2.75, 3.05) is 6.54 Å². The number of furan rings is 1. The summed E-state index contributed by atoms with van der Waals surface area (Å²) in [5.41, 5.74) is 4.90. The highest BCUT2D eigenvalue weighted by molar-refractivity contribution is 7.16. The molecule has 35 heavy (non-hydrogen) atoms. The van der Waals surface area contributed by atoms with Crippen LogP contribution in [0, 0.1) is 18.3 Å². The highest BCUT2D eigenvalue weighted by Gasteiger charge is 2.24. The van der Waals surface area contributed by atoms with Crippen molar-refractivity contribution in [2.24, 2.45) is 4.99 Å². The maximum absolute atomic E-state index is 11.3. The minimum Gasteiger partial charge on any atom is -0.478 e. The van der Waals surface area contributed by atoms with E-state index < -0.39 is 5.97 Å². The van der Waals surface area contributed by atoms with Crippen LogP contribution >= 0.6 is 11.3 Å². The Morgan fingerprint density at radius 3 is 2.83 bits per heavy atom. The Morgan fingerprint density at radius 2 is 2.06 bits per heavy atom. The van der Waals surface area contributed by atoms with Crippen LogP contribution in [-0.4, -0.2) is 28.7 Å². The number of thiophene rings is 1. The van der Waals surface area contributed by atoms with E-state index in [0.717, 1.165) is 42.7 Å².